The lowest BCUT2D eigenvalue weighted by Gasteiger charge is -2.42. The summed E-state index contributed by atoms with van der Waals surface area (Å²) in [5.41, 5.74) is 1.55. The fourth-order valence-corrected chi connectivity index (χ4v) is 4.16. The van der Waals surface area contributed by atoms with E-state index in [0.717, 1.165) is 50.8 Å². The summed E-state index contributed by atoms with van der Waals surface area (Å²) >= 11 is 0. The highest BCUT2D eigenvalue weighted by atomic mass is 16.5. The van der Waals surface area contributed by atoms with Crippen molar-refractivity contribution in [2.75, 3.05) is 52.4 Å². The molecule has 1 heterocycles. The van der Waals surface area contributed by atoms with Crippen LogP contribution in [0.2, 0.25) is 0 Å². The van der Waals surface area contributed by atoms with Crippen molar-refractivity contribution in [3.05, 3.63) is 24.3 Å². The molecule has 0 spiro atoms. The zero-order chi connectivity index (χ0) is 19.1. The number of aliphatic imine (C=N–C) groups is 1. The number of methoxy groups -OCH3 is 2. The largest absolute Gasteiger partial charge is 0.495 e. The molecule has 2 aliphatic rings. The summed E-state index contributed by atoms with van der Waals surface area (Å²) in [6.07, 6.45) is 6.11. The molecule has 1 aromatic rings. The fraction of sp³-hybridized carbons (Fsp3) is 0.667. The minimum atomic E-state index is 0.382. The molecular formula is C21H34N4O2. The van der Waals surface area contributed by atoms with E-state index in [0.29, 0.717) is 11.5 Å². The predicted molar refractivity (Wildman–Crippen MR) is 111 cm³/mol. The van der Waals surface area contributed by atoms with Gasteiger partial charge in [-0.2, -0.15) is 0 Å². The van der Waals surface area contributed by atoms with Crippen LogP contribution in [0, 0.1) is 5.41 Å². The van der Waals surface area contributed by atoms with E-state index in [-0.39, 0.29) is 0 Å². The average Bonchev–Trinajstić information content (AvgIpc) is 3.14. The van der Waals surface area contributed by atoms with E-state index in [1.807, 2.05) is 19.2 Å². The van der Waals surface area contributed by atoms with E-state index in [1.165, 1.54) is 24.9 Å². The van der Waals surface area contributed by atoms with Crippen LogP contribution in [0.4, 0.5) is 5.69 Å². The molecule has 3 rings (SSSR count). The first-order valence-electron chi connectivity index (χ1n) is 10.0. The molecule has 1 atom stereocenters. The third-order valence-corrected chi connectivity index (χ3v) is 6.06. The number of ether oxygens (including phenoxy) is 2. The van der Waals surface area contributed by atoms with Gasteiger partial charge in [-0.05, 0) is 43.2 Å². The molecule has 0 radical (unpaired) electrons. The van der Waals surface area contributed by atoms with Gasteiger partial charge < -0.3 is 25.0 Å². The predicted octanol–water partition coefficient (Wildman–Crippen LogP) is 2.65. The van der Waals surface area contributed by atoms with Gasteiger partial charge in [0, 0.05) is 46.4 Å². The molecule has 150 valence electrons. The minimum absolute atomic E-state index is 0.382. The molecule has 6 nitrogen and oxygen atoms in total. The average molecular weight is 375 g/mol. The van der Waals surface area contributed by atoms with Crippen LogP contribution in [0.5, 0.6) is 5.75 Å². The molecule has 0 aromatic heterocycles. The van der Waals surface area contributed by atoms with Crippen LogP contribution >= 0.6 is 0 Å². The SMILES string of the molecule is CN=C(NCC1(CCOC)CCC1)NC1CCN(c2ccccc2OC)C1. The van der Waals surface area contributed by atoms with Crippen LogP contribution < -0.4 is 20.3 Å². The second kappa shape index (κ2) is 9.31. The summed E-state index contributed by atoms with van der Waals surface area (Å²) in [5.74, 6) is 1.84. The summed E-state index contributed by atoms with van der Waals surface area (Å²) in [7, 11) is 5.37. The summed E-state index contributed by atoms with van der Waals surface area (Å²) in [6.45, 7) is 3.78. The van der Waals surface area contributed by atoms with Crippen molar-refractivity contribution in [1.82, 2.24) is 10.6 Å². The molecule has 1 aliphatic carbocycles. The fourth-order valence-electron chi connectivity index (χ4n) is 4.16. The maximum absolute atomic E-state index is 5.51. The van der Waals surface area contributed by atoms with Crippen molar-refractivity contribution in [2.24, 2.45) is 10.4 Å². The van der Waals surface area contributed by atoms with E-state index in [4.69, 9.17) is 9.47 Å². The van der Waals surface area contributed by atoms with E-state index in [2.05, 4.69) is 32.7 Å². The van der Waals surface area contributed by atoms with E-state index in [1.54, 1.807) is 14.2 Å². The van der Waals surface area contributed by atoms with Gasteiger partial charge in [0.2, 0.25) is 0 Å². The van der Waals surface area contributed by atoms with E-state index in [9.17, 15) is 0 Å². The Kier molecular flexibility index (Phi) is 6.83. The number of benzene rings is 1. The molecule has 0 amide bonds. The number of nitrogens with zero attached hydrogens (tertiary/aromatic N) is 2. The van der Waals surface area contributed by atoms with E-state index < -0.39 is 0 Å². The molecule has 1 saturated heterocycles. The Balaban J connectivity index is 1.51. The molecule has 27 heavy (non-hydrogen) atoms. The van der Waals surface area contributed by atoms with Gasteiger partial charge in [-0.1, -0.05) is 18.6 Å². The van der Waals surface area contributed by atoms with Crippen LogP contribution in [0.3, 0.4) is 0 Å². The highest BCUT2D eigenvalue weighted by molar-refractivity contribution is 5.80. The van der Waals surface area contributed by atoms with Crippen LogP contribution in [0.25, 0.3) is 0 Å². The normalized spacial score (nSPS) is 21.7. The highest BCUT2D eigenvalue weighted by Gasteiger charge is 2.36. The molecule has 0 bridgehead atoms. The Morgan fingerprint density at radius 3 is 2.78 bits per heavy atom. The van der Waals surface area contributed by atoms with Crippen molar-refractivity contribution in [1.29, 1.82) is 0 Å². The van der Waals surface area contributed by atoms with Gasteiger partial charge in [0.15, 0.2) is 5.96 Å². The Morgan fingerprint density at radius 2 is 2.11 bits per heavy atom. The lowest BCUT2D eigenvalue weighted by molar-refractivity contribution is 0.0732. The molecule has 2 N–H and O–H groups in total. The minimum Gasteiger partial charge on any atom is -0.495 e. The first kappa shape index (κ1) is 19.8. The molecule has 1 aliphatic heterocycles. The molecule has 1 saturated carbocycles. The molecular weight excluding hydrogens is 340 g/mol. The van der Waals surface area contributed by atoms with Gasteiger partial charge in [-0.15, -0.1) is 0 Å². The van der Waals surface area contributed by atoms with Crippen LogP contribution in [-0.2, 0) is 4.74 Å². The number of para-hydroxylation sites is 2. The van der Waals surface area contributed by atoms with Gasteiger partial charge >= 0.3 is 0 Å². The highest BCUT2D eigenvalue weighted by Crippen LogP contribution is 2.43. The maximum Gasteiger partial charge on any atom is 0.191 e. The van der Waals surface area contributed by atoms with Crippen LogP contribution in [0.1, 0.15) is 32.1 Å². The zero-order valence-corrected chi connectivity index (χ0v) is 17.0. The van der Waals surface area contributed by atoms with Gasteiger partial charge in [0.05, 0.1) is 12.8 Å². The Labute approximate surface area is 163 Å². The van der Waals surface area contributed by atoms with E-state index >= 15 is 0 Å². The Morgan fingerprint density at radius 1 is 1.30 bits per heavy atom. The third kappa shape index (κ3) is 4.86. The van der Waals surface area contributed by atoms with Gasteiger partial charge in [-0.25, -0.2) is 0 Å². The molecule has 1 aromatic carbocycles. The topological polar surface area (TPSA) is 58.1 Å². The number of anilines is 1. The van der Waals surface area contributed by atoms with Gasteiger partial charge in [-0.3, -0.25) is 4.99 Å². The third-order valence-electron chi connectivity index (χ3n) is 6.06. The number of guanidine groups is 1. The van der Waals surface area contributed by atoms with Crippen molar-refractivity contribution in [2.45, 2.75) is 38.1 Å². The molecule has 1 unspecified atom stereocenters. The van der Waals surface area contributed by atoms with Crippen LogP contribution in [-0.4, -0.2) is 59.5 Å². The van der Waals surface area contributed by atoms with Crippen molar-refractivity contribution >= 4 is 11.6 Å². The van der Waals surface area contributed by atoms with Gasteiger partial charge in [0.25, 0.3) is 0 Å². The summed E-state index contributed by atoms with van der Waals surface area (Å²) < 4.78 is 10.8. The monoisotopic (exact) mass is 374 g/mol. The Hall–Kier alpha value is -1.95. The lowest BCUT2D eigenvalue weighted by atomic mass is 9.67. The Bertz CT molecular complexity index is 630. The maximum atomic E-state index is 5.51. The second-order valence-electron chi connectivity index (χ2n) is 7.77. The van der Waals surface area contributed by atoms with Crippen molar-refractivity contribution < 1.29 is 9.47 Å². The lowest BCUT2D eigenvalue weighted by Crippen LogP contribution is -2.49. The number of nitrogens with one attached hydrogen (secondary N) is 2. The molecule has 2 fully saturated rings. The van der Waals surface area contributed by atoms with Crippen LogP contribution in [0.15, 0.2) is 29.3 Å². The first-order chi connectivity index (χ1) is 13.2. The summed E-state index contributed by atoms with van der Waals surface area (Å²) in [5, 5.41) is 7.17. The zero-order valence-electron chi connectivity index (χ0n) is 17.0. The van der Waals surface area contributed by atoms with Crippen molar-refractivity contribution in [3.8, 4) is 5.75 Å². The first-order valence-corrected chi connectivity index (χ1v) is 10.0. The van der Waals surface area contributed by atoms with Gasteiger partial charge in [0.1, 0.15) is 5.75 Å². The number of hydrogen-bond acceptors (Lipinski definition) is 4. The summed E-state index contributed by atoms with van der Waals surface area (Å²) in [4.78, 5) is 6.83. The molecule has 6 heteroatoms. The standard InChI is InChI=1S/C21H34N4O2/c1-22-20(23-16-21(10-6-11-21)12-14-26-2)24-17-9-13-25(15-17)18-7-4-5-8-19(18)27-3/h4-5,7-8,17H,6,9-16H2,1-3H3,(H2,22,23,24). The second-order valence-corrected chi connectivity index (χ2v) is 7.77. The smallest absolute Gasteiger partial charge is 0.191 e. The summed E-state index contributed by atoms with van der Waals surface area (Å²) in [6, 6.07) is 8.62. The number of hydrogen-bond donors (Lipinski definition) is 2. The number of rotatable bonds is 8. The quantitative estimate of drug-likeness (QED) is 0.541. The van der Waals surface area contributed by atoms with Crippen molar-refractivity contribution in [3.63, 3.8) is 0 Å².